The highest BCUT2D eigenvalue weighted by Gasteiger charge is 2.16. The lowest BCUT2D eigenvalue weighted by molar-refractivity contribution is -0.113. The number of methoxy groups -OCH3 is 1. The van der Waals surface area contributed by atoms with Crippen molar-refractivity contribution < 1.29 is 13.9 Å². The zero-order chi connectivity index (χ0) is 19.2. The summed E-state index contributed by atoms with van der Waals surface area (Å²) in [5, 5.41) is 11.4. The van der Waals surface area contributed by atoms with Gasteiger partial charge in [0.05, 0.1) is 11.4 Å². The first-order chi connectivity index (χ1) is 13.1. The first-order valence-electron chi connectivity index (χ1n) is 8.26. The van der Waals surface area contributed by atoms with Gasteiger partial charge in [0, 0.05) is 12.8 Å². The summed E-state index contributed by atoms with van der Waals surface area (Å²) in [5.41, 5.74) is 1.83. The number of carbonyl (C=O) groups is 1. The second-order valence-corrected chi connectivity index (χ2v) is 6.77. The third kappa shape index (κ3) is 4.72. The predicted molar refractivity (Wildman–Crippen MR) is 103 cm³/mol. The minimum Gasteiger partial charge on any atom is -0.377 e. The zero-order valence-electron chi connectivity index (χ0n) is 15.0. The zero-order valence-corrected chi connectivity index (χ0v) is 15.8. The fourth-order valence-electron chi connectivity index (χ4n) is 2.49. The number of halogens is 1. The van der Waals surface area contributed by atoms with E-state index in [1.165, 1.54) is 17.8 Å². The maximum absolute atomic E-state index is 13.9. The smallest absolute Gasteiger partial charge is 0.234 e. The van der Waals surface area contributed by atoms with E-state index in [4.69, 9.17) is 4.74 Å². The molecule has 3 aromatic rings. The molecular formula is C19H19FN4O2S. The summed E-state index contributed by atoms with van der Waals surface area (Å²) in [6.07, 6.45) is 0. The number of hydrogen-bond acceptors (Lipinski definition) is 5. The first-order valence-corrected chi connectivity index (χ1v) is 9.24. The van der Waals surface area contributed by atoms with Crippen molar-refractivity contribution in [2.24, 2.45) is 0 Å². The number of aromatic nitrogens is 3. The SMILES string of the molecule is COCc1nnc(SCC(=O)Nc2ccc(C)cc2F)n1-c1ccccc1. The lowest BCUT2D eigenvalue weighted by Crippen LogP contribution is -2.15. The number of hydrogen-bond donors (Lipinski definition) is 1. The van der Waals surface area contributed by atoms with E-state index >= 15 is 0 Å². The molecule has 1 heterocycles. The topological polar surface area (TPSA) is 69.0 Å². The van der Waals surface area contributed by atoms with Gasteiger partial charge in [-0.2, -0.15) is 0 Å². The van der Waals surface area contributed by atoms with Crippen LogP contribution in [0.1, 0.15) is 11.4 Å². The van der Waals surface area contributed by atoms with E-state index in [0.29, 0.717) is 17.6 Å². The van der Waals surface area contributed by atoms with E-state index in [-0.39, 0.29) is 17.3 Å². The molecule has 0 atom stereocenters. The second-order valence-electron chi connectivity index (χ2n) is 5.82. The molecule has 0 fully saturated rings. The van der Waals surface area contributed by atoms with Crippen LogP contribution in [0.5, 0.6) is 0 Å². The number of para-hydroxylation sites is 1. The summed E-state index contributed by atoms with van der Waals surface area (Å²) in [7, 11) is 1.58. The Kier molecular flexibility index (Phi) is 6.20. The average molecular weight is 386 g/mol. The molecule has 3 rings (SSSR count). The summed E-state index contributed by atoms with van der Waals surface area (Å²) < 4.78 is 20.9. The van der Waals surface area contributed by atoms with Gasteiger partial charge in [0.25, 0.3) is 0 Å². The highest BCUT2D eigenvalue weighted by molar-refractivity contribution is 7.99. The molecule has 1 N–H and O–H groups in total. The molecule has 8 heteroatoms. The molecule has 0 spiro atoms. The molecule has 0 radical (unpaired) electrons. The molecule has 140 valence electrons. The second kappa shape index (κ2) is 8.79. The van der Waals surface area contributed by atoms with Crippen molar-refractivity contribution in [3.63, 3.8) is 0 Å². The van der Waals surface area contributed by atoms with Crippen LogP contribution in [0.25, 0.3) is 5.69 Å². The Bertz CT molecular complexity index is 931. The fourth-order valence-corrected chi connectivity index (χ4v) is 3.26. The fraction of sp³-hybridized carbons (Fsp3) is 0.211. The molecule has 27 heavy (non-hydrogen) atoms. The van der Waals surface area contributed by atoms with Crippen LogP contribution >= 0.6 is 11.8 Å². The summed E-state index contributed by atoms with van der Waals surface area (Å²) >= 11 is 1.22. The molecule has 0 aliphatic heterocycles. The average Bonchev–Trinajstić information content (AvgIpc) is 3.06. The lowest BCUT2D eigenvalue weighted by Gasteiger charge is -2.10. The van der Waals surface area contributed by atoms with Gasteiger partial charge in [-0.05, 0) is 36.8 Å². The molecular weight excluding hydrogens is 367 g/mol. The number of amides is 1. The third-order valence-corrected chi connectivity index (χ3v) is 4.65. The molecule has 0 unspecified atom stereocenters. The number of nitrogens with one attached hydrogen (secondary N) is 1. The molecule has 0 bridgehead atoms. The van der Waals surface area contributed by atoms with Gasteiger partial charge in [0.15, 0.2) is 11.0 Å². The van der Waals surface area contributed by atoms with Crippen molar-refractivity contribution in [1.82, 2.24) is 14.8 Å². The molecule has 1 aromatic heterocycles. The molecule has 0 aliphatic carbocycles. The lowest BCUT2D eigenvalue weighted by atomic mass is 10.2. The highest BCUT2D eigenvalue weighted by Crippen LogP contribution is 2.23. The van der Waals surface area contributed by atoms with E-state index in [9.17, 15) is 9.18 Å². The molecule has 0 aliphatic rings. The number of nitrogens with zero attached hydrogens (tertiary/aromatic N) is 3. The van der Waals surface area contributed by atoms with Crippen LogP contribution in [0.15, 0.2) is 53.7 Å². The van der Waals surface area contributed by atoms with Gasteiger partial charge in [-0.25, -0.2) is 4.39 Å². The number of rotatable bonds is 7. The Balaban J connectivity index is 1.73. The summed E-state index contributed by atoms with van der Waals surface area (Å²) in [5.74, 6) is -0.0660. The Morgan fingerprint density at radius 1 is 1.22 bits per heavy atom. The van der Waals surface area contributed by atoms with Crippen molar-refractivity contribution in [2.45, 2.75) is 18.7 Å². The monoisotopic (exact) mass is 386 g/mol. The van der Waals surface area contributed by atoms with Gasteiger partial charge in [0.1, 0.15) is 12.4 Å². The van der Waals surface area contributed by atoms with E-state index in [0.717, 1.165) is 11.3 Å². The van der Waals surface area contributed by atoms with Crippen LogP contribution in [0.3, 0.4) is 0 Å². The summed E-state index contributed by atoms with van der Waals surface area (Å²) in [6.45, 7) is 2.09. The van der Waals surface area contributed by atoms with Gasteiger partial charge in [-0.1, -0.05) is 36.0 Å². The number of aryl methyl sites for hydroxylation is 1. The first kappa shape index (κ1) is 19.1. The maximum atomic E-state index is 13.9. The normalized spacial score (nSPS) is 10.8. The largest absolute Gasteiger partial charge is 0.377 e. The van der Waals surface area contributed by atoms with Gasteiger partial charge < -0.3 is 10.1 Å². The van der Waals surface area contributed by atoms with Gasteiger partial charge in [-0.15, -0.1) is 10.2 Å². The Hall–Kier alpha value is -2.71. The number of ether oxygens (including phenoxy) is 1. The van der Waals surface area contributed by atoms with Crippen molar-refractivity contribution in [3.8, 4) is 5.69 Å². The molecule has 0 saturated heterocycles. The molecule has 0 saturated carbocycles. The van der Waals surface area contributed by atoms with Gasteiger partial charge in [0.2, 0.25) is 5.91 Å². The van der Waals surface area contributed by atoms with Crippen LogP contribution in [-0.2, 0) is 16.1 Å². The Morgan fingerprint density at radius 2 is 2.00 bits per heavy atom. The number of carbonyl (C=O) groups excluding carboxylic acids is 1. The van der Waals surface area contributed by atoms with Gasteiger partial charge in [-0.3, -0.25) is 9.36 Å². The minimum absolute atomic E-state index is 0.0747. The minimum atomic E-state index is -0.455. The maximum Gasteiger partial charge on any atom is 0.234 e. The van der Waals surface area contributed by atoms with Crippen molar-refractivity contribution in [2.75, 3.05) is 18.2 Å². The predicted octanol–water partition coefficient (Wildman–Crippen LogP) is 3.59. The van der Waals surface area contributed by atoms with E-state index in [1.54, 1.807) is 26.2 Å². The van der Waals surface area contributed by atoms with Crippen LogP contribution in [0, 0.1) is 12.7 Å². The summed E-state index contributed by atoms with van der Waals surface area (Å²) in [6, 6.07) is 14.3. The number of thioether (sulfide) groups is 1. The van der Waals surface area contributed by atoms with Gasteiger partial charge >= 0.3 is 0 Å². The quantitative estimate of drug-likeness (QED) is 0.629. The number of anilines is 1. The summed E-state index contributed by atoms with van der Waals surface area (Å²) in [4.78, 5) is 12.2. The van der Waals surface area contributed by atoms with Crippen molar-refractivity contribution in [3.05, 3.63) is 65.7 Å². The molecule has 1 amide bonds. The van der Waals surface area contributed by atoms with Crippen molar-refractivity contribution >= 4 is 23.4 Å². The molecule has 6 nitrogen and oxygen atoms in total. The van der Waals surface area contributed by atoms with Crippen molar-refractivity contribution in [1.29, 1.82) is 0 Å². The third-order valence-electron chi connectivity index (χ3n) is 3.72. The Morgan fingerprint density at radius 3 is 2.70 bits per heavy atom. The van der Waals surface area contributed by atoms with Crippen LogP contribution in [-0.4, -0.2) is 33.5 Å². The standard InChI is InChI=1S/C19H19FN4O2S/c1-13-8-9-16(15(20)10-13)21-18(25)12-27-19-23-22-17(11-26-2)24(19)14-6-4-3-5-7-14/h3-10H,11-12H2,1-2H3,(H,21,25). The highest BCUT2D eigenvalue weighted by atomic mass is 32.2. The number of benzene rings is 2. The molecule has 2 aromatic carbocycles. The van der Waals surface area contributed by atoms with Crippen LogP contribution in [0.4, 0.5) is 10.1 Å². The van der Waals surface area contributed by atoms with Crippen LogP contribution in [0.2, 0.25) is 0 Å². The van der Waals surface area contributed by atoms with Crippen LogP contribution < -0.4 is 5.32 Å². The van der Waals surface area contributed by atoms with E-state index in [2.05, 4.69) is 15.5 Å². The van der Waals surface area contributed by atoms with E-state index < -0.39 is 5.82 Å². The Labute approximate surface area is 160 Å². The van der Waals surface area contributed by atoms with E-state index in [1.807, 2.05) is 34.9 Å².